The molecule has 1 aromatic carbocycles. The maximum absolute atomic E-state index is 9.44. The minimum absolute atomic E-state index is 0.322. The number of phenols is 1. The molecule has 5 N–H and O–H groups in total. The standard InChI is InChI=1S/C6H6O.C2O4.2CH2O3/c7-6-4-2-1-3-5-6;3-1-5-2(4)6-1;2*2-1(3)4/h1-5,7H;;2*(H2,2,3,4). The SMILES string of the molecule is O=C(O)O.O=C(O)O.O=C1OC(=O)O1.Oc1ccccc1. The fraction of sp³-hybridized carbons (Fsp3) is 0. The Morgan fingerprint density at radius 3 is 1.14 bits per heavy atom. The van der Waals surface area contributed by atoms with Crippen LogP contribution in [0.15, 0.2) is 30.3 Å². The molecular weight excluding hydrogens is 296 g/mol. The molecule has 0 atom stereocenters. The average Bonchev–Trinajstić information content (AvgIpc) is 2.27. The van der Waals surface area contributed by atoms with Gasteiger partial charge >= 0.3 is 24.6 Å². The molecule has 2 rings (SSSR count). The number of carboxylic acid groups (broad SMARTS) is 4. The van der Waals surface area contributed by atoms with Crippen LogP contribution in [0.3, 0.4) is 0 Å². The Labute approximate surface area is 116 Å². The number of hydrogen-bond acceptors (Lipinski definition) is 7. The Hall–Kier alpha value is -3.50. The van der Waals surface area contributed by atoms with E-state index in [1.165, 1.54) is 0 Å². The minimum atomic E-state index is -1.83. The van der Waals surface area contributed by atoms with Crippen molar-refractivity contribution in [3.63, 3.8) is 0 Å². The highest BCUT2D eigenvalue weighted by molar-refractivity contribution is 5.93. The molecule has 1 saturated heterocycles. The summed E-state index contributed by atoms with van der Waals surface area (Å²) >= 11 is 0. The van der Waals surface area contributed by atoms with Crippen molar-refractivity contribution in [1.29, 1.82) is 0 Å². The Balaban J connectivity index is 0. The molecule has 1 heterocycles. The van der Waals surface area contributed by atoms with Gasteiger partial charge in [-0.05, 0) is 12.1 Å². The van der Waals surface area contributed by atoms with Crippen LogP contribution >= 0.6 is 0 Å². The molecule has 21 heavy (non-hydrogen) atoms. The first-order valence-electron chi connectivity index (χ1n) is 4.66. The van der Waals surface area contributed by atoms with Gasteiger partial charge in [0.15, 0.2) is 0 Å². The van der Waals surface area contributed by atoms with Crippen molar-refractivity contribution in [3.8, 4) is 5.75 Å². The topological polar surface area (TPSA) is 188 Å². The van der Waals surface area contributed by atoms with E-state index in [1.807, 2.05) is 6.07 Å². The van der Waals surface area contributed by atoms with Crippen LogP contribution in [0.2, 0.25) is 0 Å². The van der Waals surface area contributed by atoms with Crippen LogP contribution < -0.4 is 0 Å². The summed E-state index contributed by atoms with van der Waals surface area (Å²) in [7, 11) is 0. The summed E-state index contributed by atoms with van der Waals surface area (Å²) in [6.45, 7) is 0. The molecule has 0 bridgehead atoms. The molecule has 11 heteroatoms. The van der Waals surface area contributed by atoms with Crippen molar-refractivity contribution in [2.45, 2.75) is 0 Å². The summed E-state index contributed by atoms with van der Waals surface area (Å²) in [6, 6.07) is 8.71. The summed E-state index contributed by atoms with van der Waals surface area (Å²) in [5.41, 5.74) is 0. The van der Waals surface area contributed by atoms with Crippen molar-refractivity contribution in [2.24, 2.45) is 0 Å². The fourth-order valence-corrected chi connectivity index (χ4v) is 0.572. The molecule has 1 aliphatic heterocycles. The van der Waals surface area contributed by atoms with Gasteiger partial charge in [-0.15, -0.1) is 0 Å². The summed E-state index contributed by atoms with van der Waals surface area (Å²) in [5.74, 6) is 0.322. The summed E-state index contributed by atoms with van der Waals surface area (Å²) in [5, 5.41) is 36.5. The lowest BCUT2D eigenvalue weighted by atomic mass is 10.3. The van der Waals surface area contributed by atoms with Gasteiger partial charge in [-0.3, -0.25) is 0 Å². The van der Waals surface area contributed by atoms with Gasteiger partial charge in [0.1, 0.15) is 5.75 Å². The van der Waals surface area contributed by atoms with Gasteiger partial charge in [0, 0.05) is 0 Å². The molecule has 0 amide bonds. The molecule has 0 aromatic heterocycles. The van der Waals surface area contributed by atoms with Crippen molar-refractivity contribution in [1.82, 2.24) is 0 Å². The minimum Gasteiger partial charge on any atom is -0.508 e. The Bertz CT molecular complexity index is 425. The van der Waals surface area contributed by atoms with E-state index in [1.54, 1.807) is 24.3 Å². The van der Waals surface area contributed by atoms with E-state index in [4.69, 9.17) is 35.1 Å². The Morgan fingerprint density at radius 2 is 1.05 bits per heavy atom. The Morgan fingerprint density at radius 1 is 0.762 bits per heavy atom. The highest BCUT2D eigenvalue weighted by atomic mass is 16.9. The first-order valence-corrected chi connectivity index (χ1v) is 4.66. The molecule has 0 radical (unpaired) electrons. The number of carbonyl (C=O) groups excluding carboxylic acids is 2. The van der Waals surface area contributed by atoms with Crippen LogP contribution in [-0.4, -0.2) is 50.2 Å². The lowest BCUT2D eigenvalue weighted by Gasteiger charge is -2.05. The van der Waals surface area contributed by atoms with E-state index in [0.717, 1.165) is 0 Å². The van der Waals surface area contributed by atoms with E-state index in [0.29, 0.717) is 5.75 Å². The second-order valence-corrected chi connectivity index (χ2v) is 2.60. The number of ether oxygens (including phenoxy) is 2. The number of hydrogen-bond donors (Lipinski definition) is 5. The van der Waals surface area contributed by atoms with Gasteiger partial charge in [-0.2, -0.15) is 0 Å². The van der Waals surface area contributed by atoms with Gasteiger partial charge in [-0.25, -0.2) is 19.2 Å². The number of benzene rings is 1. The van der Waals surface area contributed by atoms with Crippen molar-refractivity contribution >= 4 is 24.6 Å². The van der Waals surface area contributed by atoms with Crippen LogP contribution in [0.25, 0.3) is 0 Å². The molecular formula is C10H10O11. The molecule has 0 unspecified atom stereocenters. The summed E-state index contributed by atoms with van der Waals surface area (Å²) < 4.78 is 7.28. The third kappa shape index (κ3) is 22.2. The molecule has 116 valence electrons. The number of carbonyl (C=O) groups is 4. The molecule has 0 spiro atoms. The van der Waals surface area contributed by atoms with Crippen molar-refractivity contribution < 1.29 is 54.2 Å². The number of cyclic esters (lactones) is 4. The summed E-state index contributed by atoms with van der Waals surface area (Å²) in [4.78, 5) is 36.0. The van der Waals surface area contributed by atoms with Crippen LogP contribution in [0, 0.1) is 0 Å². The Kier molecular flexibility index (Phi) is 10.9. The maximum Gasteiger partial charge on any atom is 0.528 e. The average molecular weight is 306 g/mol. The maximum atomic E-state index is 9.44. The van der Waals surface area contributed by atoms with Gasteiger partial charge < -0.3 is 35.0 Å². The zero-order chi connectivity index (χ0) is 16.8. The van der Waals surface area contributed by atoms with E-state index in [9.17, 15) is 9.59 Å². The van der Waals surface area contributed by atoms with E-state index < -0.39 is 24.6 Å². The third-order valence-corrected chi connectivity index (χ3v) is 1.09. The van der Waals surface area contributed by atoms with Gasteiger partial charge in [-0.1, -0.05) is 18.2 Å². The lowest BCUT2D eigenvalue weighted by molar-refractivity contribution is 0.00673. The van der Waals surface area contributed by atoms with Crippen LogP contribution in [0.1, 0.15) is 0 Å². The zero-order valence-electron chi connectivity index (χ0n) is 10.1. The molecule has 1 aromatic rings. The number of rotatable bonds is 0. The smallest absolute Gasteiger partial charge is 0.508 e. The van der Waals surface area contributed by atoms with E-state index in [2.05, 4.69) is 9.47 Å². The second-order valence-electron chi connectivity index (χ2n) is 2.60. The first kappa shape index (κ1) is 19.8. The van der Waals surface area contributed by atoms with Gasteiger partial charge in [0.25, 0.3) is 0 Å². The molecule has 1 fully saturated rings. The first-order chi connectivity index (χ1) is 9.65. The van der Waals surface area contributed by atoms with E-state index >= 15 is 0 Å². The van der Waals surface area contributed by atoms with Crippen LogP contribution in [0.5, 0.6) is 5.75 Å². The summed E-state index contributed by atoms with van der Waals surface area (Å²) in [6.07, 6.45) is -5.50. The zero-order valence-corrected chi connectivity index (χ0v) is 10.1. The number of phenolic OH excluding ortho intramolecular Hbond substituents is 1. The number of aromatic hydroxyl groups is 1. The molecule has 0 aliphatic carbocycles. The molecule has 0 saturated carbocycles. The highest BCUT2D eigenvalue weighted by Crippen LogP contribution is 2.02. The van der Waals surface area contributed by atoms with Crippen molar-refractivity contribution in [3.05, 3.63) is 30.3 Å². The molecule has 1 aliphatic rings. The van der Waals surface area contributed by atoms with E-state index in [-0.39, 0.29) is 0 Å². The fourth-order valence-electron chi connectivity index (χ4n) is 0.572. The van der Waals surface area contributed by atoms with Crippen LogP contribution in [0.4, 0.5) is 19.2 Å². The van der Waals surface area contributed by atoms with Crippen LogP contribution in [-0.2, 0) is 9.47 Å². The second kappa shape index (κ2) is 11.6. The van der Waals surface area contributed by atoms with Crippen molar-refractivity contribution in [2.75, 3.05) is 0 Å². The van der Waals surface area contributed by atoms with Gasteiger partial charge in [0.2, 0.25) is 0 Å². The normalized spacial score (nSPS) is 10.3. The quantitative estimate of drug-likeness (QED) is 0.348. The predicted molar refractivity (Wildman–Crippen MR) is 62.4 cm³/mol. The lowest BCUT2D eigenvalue weighted by Crippen LogP contribution is -2.27. The van der Waals surface area contributed by atoms with Gasteiger partial charge in [0.05, 0.1) is 0 Å². The highest BCUT2D eigenvalue weighted by Gasteiger charge is 2.27. The third-order valence-electron chi connectivity index (χ3n) is 1.09. The molecule has 11 nitrogen and oxygen atoms in total. The monoisotopic (exact) mass is 306 g/mol. The largest absolute Gasteiger partial charge is 0.528 e. The predicted octanol–water partition coefficient (Wildman–Crippen LogP) is 2.11. The number of para-hydroxylation sites is 1.